The number of para-hydroxylation sites is 2. The van der Waals surface area contributed by atoms with E-state index in [2.05, 4.69) is 26.5 Å². The molecule has 0 fully saturated rings. The summed E-state index contributed by atoms with van der Waals surface area (Å²) < 4.78 is 11.8. The van der Waals surface area contributed by atoms with Gasteiger partial charge in [0, 0.05) is 19.9 Å². The van der Waals surface area contributed by atoms with Crippen molar-refractivity contribution in [1.82, 2.24) is 20.4 Å². The number of amides is 1. The molecule has 0 bridgehead atoms. The van der Waals surface area contributed by atoms with Crippen LogP contribution in [0.3, 0.4) is 0 Å². The van der Waals surface area contributed by atoms with Gasteiger partial charge in [-0.15, -0.1) is 11.3 Å². The molecule has 2 aromatic heterocycles. The minimum absolute atomic E-state index is 0.138. The van der Waals surface area contributed by atoms with Crippen molar-refractivity contribution in [2.24, 2.45) is 0 Å². The third-order valence-electron chi connectivity index (χ3n) is 4.25. The van der Waals surface area contributed by atoms with E-state index in [0.717, 1.165) is 23.4 Å². The molecule has 8 heteroatoms. The number of carbonyl (C=O) groups is 1. The highest BCUT2D eigenvalue weighted by atomic mass is 32.1. The molecule has 0 spiro atoms. The number of carbonyl (C=O) groups excluding carboxylic acids is 1. The average molecular weight is 408 g/mol. The van der Waals surface area contributed by atoms with Gasteiger partial charge in [-0.05, 0) is 30.7 Å². The van der Waals surface area contributed by atoms with Crippen molar-refractivity contribution in [3.8, 4) is 5.75 Å². The van der Waals surface area contributed by atoms with Crippen LogP contribution >= 0.6 is 11.3 Å². The molecule has 29 heavy (non-hydrogen) atoms. The van der Waals surface area contributed by atoms with Gasteiger partial charge in [0.2, 0.25) is 11.7 Å². The van der Waals surface area contributed by atoms with Gasteiger partial charge in [-0.2, -0.15) is 4.98 Å². The highest BCUT2D eigenvalue weighted by Gasteiger charge is 2.13. The zero-order valence-electron chi connectivity index (χ0n) is 15.9. The van der Waals surface area contributed by atoms with Crippen LogP contribution in [0.5, 0.6) is 5.75 Å². The van der Waals surface area contributed by atoms with E-state index in [1.807, 2.05) is 24.3 Å². The van der Waals surface area contributed by atoms with Crippen LogP contribution in [0.15, 0.2) is 53.1 Å². The van der Waals surface area contributed by atoms with Crippen LogP contribution in [-0.2, 0) is 13.0 Å². The Hall–Kier alpha value is -3.26. The van der Waals surface area contributed by atoms with Crippen molar-refractivity contribution in [3.63, 3.8) is 0 Å². The first-order valence-electron chi connectivity index (χ1n) is 9.33. The second-order valence-electron chi connectivity index (χ2n) is 6.45. The zero-order valence-corrected chi connectivity index (χ0v) is 16.7. The van der Waals surface area contributed by atoms with E-state index in [9.17, 15) is 4.79 Å². The standard InChI is InChI=1S/C21H20N4O3S/c1-14-23-19(25-28-14)13-27-17-9-4-2-7-15(17)21(26)22-12-6-11-20-24-16-8-3-5-10-18(16)29-20/h2-5,7-10H,6,11-13H2,1H3,(H,22,26). The minimum atomic E-state index is -0.172. The number of ether oxygens (including phenoxy) is 1. The fourth-order valence-corrected chi connectivity index (χ4v) is 3.90. The summed E-state index contributed by atoms with van der Waals surface area (Å²) in [4.78, 5) is 21.3. The molecule has 4 rings (SSSR count). The number of nitrogens with zero attached hydrogens (tertiary/aromatic N) is 3. The van der Waals surface area contributed by atoms with Crippen LogP contribution in [0.1, 0.15) is 33.5 Å². The van der Waals surface area contributed by atoms with Gasteiger partial charge in [0.1, 0.15) is 5.75 Å². The summed E-state index contributed by atoms with van der Waals surface area (Å²) in [6, 6.07) is 15.2. The summed E-state index contributed by atoms with van der Waals surface area (Å²) in [5, 5.41) is 7.83. The summed E-state index contributed by atoms with van der Waals surface area (Å²) in [5.74, 6) is 1.23. The normalized spacial score (nSPS) is 10.9. The lowest BCUT2D eigenvalue weighted by Crippen LogP contribution is -2.25. The molecular formula is C21H20N4O3S. The summed E-state index contributed by atoms with van der Waals surface area (Å²) in [7, 11) is 0. The summed E-state index contributed by atoms with van der Waals surface area (Å²) in [6.07, 6.45) is 1.64. The molecule has 1 N–H and O–H groups in total. The second kappa shape index (κ2) is 8.83. The van der Waals surface area contributed by atoms with Gasteiger partial charge >= 0.3 is 0 Å². The Morgan fingerprint density at radius 2 is 1.97 bits per heavy atom. The van der Waals surface area contributed by atoms with Crippen LogP contribution in [0.2, 0.25) is 0 Å². The van der Waals surface area contributed by atoms with Crippen molar-refractivity contribution in [1.29, 1.82) is 0 Å². The highest BCUT2D eigenvalue weighted by Crippen LogP contribution is 2.22. The van der Waals surface area contributed by atoms with Crippen molar-refractivity contribution in [2.75, 3.05) is 6.54 Å². The minimum Gasteiger partial charge on any atom is -0.485 e. The van der Waals surface area contributed by atoms with E-state index >= 15 is 0 Å². The predicted octanol–water partition coefficient (Wildman–Crippen LogP) is 3.93. The number of aromatic nitrogens is 3. The molecule has 0 atom stereocenters. The second-order valence-corrected chi connectivity index (χ2v) is 7.56. The fraction of sp³-hybridized carbons (Fsp3) is 0.238. The van der Waals surface area contributed by atoms with Crippen molar-refractivity contribution >= 4 is 27.5 Å². The Morgan fingerprint density at radius 1 is 1.14 bits per heavy atom. The van der Waals surface area contributed by atoms with Gasteiger partial charge in [-0.25, -0.2) is 4.98 Å². The molecular weight excluding hydrogens is 388 g/mol. The van der Waals surface area contributed by atoms with Crippen LogP contribution in [0.4, 0.5) is 0 Å². The van der Waals surface area contributed by atoms with Gasteiger partial charge in [0.05, 0.1) is 20.8 Å². The Bertz CT molecular complexity index is 1090. The van der Waals surface area contributed by atoms with E-state index < -0.39 is 0 Å². The average Bonchev–Trinajstić information content (AvgIpc) is 3.35. The lowest BCUT2D eigenvalue weighted by molar-refractivity contribution is 0.0948. The molecule has 148 valence electrons. The molecule has 2 aromatic carbocycles. The van der Waals surface area contributed by atoms with Crippen molar-refractivity contribution < 1.29 is 14.1 Å². The number of thiazole rings is 1. The number of rotatable bonds is 8. The summed E-state index contributed by atoms with van der Waals surface area (Å²) >= 11 is 1.70. The van der Waals surface area contributed by atoms with Crippen molar-refractivity contribution in [3.05, 3.63) is 70.8 Å². The number of fused-ring (bicyclic) bond motifs is 1. The SMILES string of the molecule is Cc1nc(COc2ccccc2C(=O)NCCCc2nc3ccccc3s2)no1. The lowest BCUT2D eigenvalue weighted by Gasteiger charge is -2.10. The number of hydrogen-bond acceptors (Lipinski definition) is 7. The van der Waals surface area contributed by atoms with Gasteiger partial charge in [-0.3, -0.25) is 4.79 Å². The lowest BCUT2D eigenvalue weighted by atomic mass is 10.2. The molecule has 0 aliphatic carbocycles. The van der Waals surface area contributed by atoms with Crippen LogP contribution in [-0.4, -0.2) is 27.6 Å². The molecule has 0 radical (unpaired) electrons. The number of aryl methyl sites for hydroxylation is 2. The number of benzene rings is 2. The first-order valence-corrected chi connectivity index (χ1v) is 10.1. The van der Waals surface area contributed by atoms with Crippen LogP contribution in [0, 0.1) is 6.92 Å². The van der Waals surface area contributed by atoms with E-state index in [4.69, 9.17) is 9.26 Å². The topological polar surface area (TPSA) is 90.1 Å². The van der Waals surface area contributed by atoms with E-state index in [0.29, 0.717) is 29.6 Å². The van der Waals surface area contributed by atoms with E-state index in [1.54, 1.807) is 36.5 Å². The quantitative estimate of drug-likeness (QED) is 0.444. The Balaban J connectivity index is 1.30. The smallest absolute Gasteiger partial charge is 0.255 e. The number of nitrogens with one attached hydrogen (secondary N) is 1. The van der Waals surface area contributed by atoms with Crippen LogP contribution in [0.25, 0.3) is 10.2 Å². The molecule has 0 aliphatic rings. The zero-order chi connectivity index (χ0) is 20.1. The molecule has 0 saturated carbocycles. The molecule has 2 heterocycles. The predicted molar refractivity (Wildman–Crippen MR) is 110 cm³/mol. The number of hydrogen-bond donors (Lipinski definition) is 1. The Labute approximate surface area is 171 Å². The molecule has 1 amide bonds. The van der Waals surface area contributed by atoms with Crippen LogP contribution < -0.4 is 10.1 Å². The maximum atomic E-state index is 12.6. The maximum absolute atomic E-state index is 12.6. The van der Waals surface area contributed by atoms with Gasteiger partial charge < -0.3 is 14.6 Å². The molecule has 4 aromatic rings. The van der Waals surface area contributed by atoms with Gasteiger partial charge in [-0.1, -0.05) is 29.4 Å². The van der Waals surface area contributed by atoms with Crippen molar-refractivity contribution in [2.45, 2.75) is 26.4 Å². The van der Waals surface area contributed by atoms with Gasteiger partial charge in [0.15, 0.2) is 6.61 Å². The Kier molecular flexibility index (Phi) is 5.81. The fourth-order valence-electron chi connectivity index (χ4n) is 2.89. The van der Waals surface area contributed by atoms with Gasteiger partial charge in [0.25, 0.3) is 5.91 Å². The first-order chi connectivity index (χ1) is 14.2. The molecule has 0 saturated heterocycles. The Morgan fingerprint density at radius 3 is 2.79 bits per heavy atom. The molecule has 0 aliphatic heterocycles. The monoisotopic (exact) mass is 408 g/mol. The third kappa shape index (κ3) is 4.78. The molecule has 7 nitrogen and oxygen atoms in total. The third-order valence-corrected chi connectivity index (χ3v) is 5.35. The summed E-state index contributed by atoms with van der Waals surface area (Å²) in [6.45, 7) is 2.42. The van der Waals surface area contributed by atoms with E-state index in [-0.39, 0.29) is 12.5 Å². The maximum Gasteiger partial charge on any atom is 0.255 e. The first kappa shape index (κ1) is 19.1. The summed E-state index contributed by atoms with van der Waals surface area (Å²) in [5.41, 5.74) is 1.51. The van der Waals surface area contributed by atoms with E-state index in [1.165, 1.54) is 4.70 Å². The molecule has 0 unspecified atom stereocenters. The highest BCUT2D eigenvalue weighted by molar-refractivity contribution is 7.18. The largest absolute Gasteiger partial charge is 0.485 e.